The predicted molar refractivity (Wildman–Crippen MR) is 128 cm³/mol. The van der Waals surface area contributed by atoms with Gasteiger partial charge in [0.25, 0.3) is 0 Å². The van der Waals surface area contributed by atoms with Gasteiger partial charge in [0.15, 0.2) is 0 Å². The van der Waals surface area contributed by atoms with Crippen molar-refractivity contribution in [3.63, 3.8) is 0 Å². The van der Waals surface area contributed by atoms with Crippen molar-refractivity contribution in [1.29, 1.82) is 0 Å². The maximum absolute atomic E-state index is 13.4. The molecule has 1 aromatic rings. The third-order valence-corrected chi connectivity index (χ3v) is 8.07. The number of piperidine rings is 2. The molecule has 5 nitrogen and oxygen atoms in total. The molecule has 0 saturated carbocycles. The zero-order valence-corrected chi connectivity index (χ0v) is 20.0. The van der Waals surface area contributed by atoms with E-state index in [4.69, 9.17) is 0 Å². The van der Waals surface area contributed by atoms with E-state index in [1.807, 2.05) is 6.07 Å². The Labute approximate surface area is 194 Å². The van der Waals surface area contributed by atoms with E-state index in [9.17, 15) is 9.59 Å². The first-order valence-corrected chi connectivity index (χ1v) is 12.9. The normalized spacial score (nSPS) is 24.7. The minimum Gasteiger partial charge on any atom is -0.342 e. The van der Waals surface area contributed by atoms with Crippen molar-refractivity contribution in [1.82, 2.24) is 14.7 Å². The van der Waals surface area contributed by atoms with Crippen molar-refractivity contribution in [3.05, 3.63) is 35.9 Å². The SMILES string of the molecule is CC(C)N1CCC(C(=O)N2CCC([C@H]3CCCCN(Cc4ccccc4)C3=O)CC2)CC1. The zero-order chi connectivity index (χ0) is 22.5. The molecule has 1 aromatic carbocycles. The molecule has 3 fully saturated rings. The number of carbonyl (C=O) groups is 2. The van der Waals surface area contributed by atoms with Crippen molar-refractivity contribution in [3.8, 4) is 0 Å². The van der Waals surface area contributed by atoms with Crippen LogP contribution in [0.25, 0.3) is 0 Å². The molecule has 0 unspecified atom stereocenters. The number of likely N-dealkylation sites (tertiary alicyclic amines) is 3. The monoisotopic (exact) mass is 439 g/mol. The number of nitrogens with zero attached hydrogens (tertiary/aromatic N) is 3. The van der Waals surface area contributed by atoms with Gasteiger partial charge in [0, 0.05) is 44.1 Å². The molecule has 0 radical (unpaired) electrons. The Kier molecular flexibility index (Phi) is 7.88. The number of hydrogen-bond acceptors (Lipinski definition) is 3. The van der Waals surface area contributed by atoms with Crippen LogP contribution in [-0.4, -0.2) is 65.3 Å². The van der Waals surface area contributed by atoms with Crippen LogP contribution in [0, 0.1) is 17.8 Å². The summed E-state index contributed by atoms with van der Waals surface area (Å²) in [5.41, 5.74) is 1.21. The number of amides is 2. The van der Waals surface area contributed by atoms with E-state index >= 15 is 0 Å². The first kappa shape index (κ1) is 23.3. The molecule has 3 saturated heterocycles. The highest BCUT2D eigenvalue weighted by Crippen LogP contribution is 2.33. The Balaban J connectivity index is 1.30. The molecule has 1 atom stereocenters. The molecule has 5 heteroatoms. The first-order chi connectivity index (χ1) is 15.5. The van der Waals surface area contributed by atoms with Gasteiger partial charge in [0.2, 0.25) is 11.8 Å². The third kappa shape index (κ3) is 5.54. The fraction of sp³-hybridized carbons (Fsp3) is 0.704. The van der Waals surface area contributed by atoms with Crippen molar-refractivity contribution >= 4 is 11.8 Å². The van der Waals surface area contributed by atoms with Gasteiger partial charge in [0.05, 0.1) is 0 Å². The van der Waals surface area contributed by atoms with Crippen LogP contribution in [0.5, 0.6) is 0 Å². The molecule has 3 heterocycles. The number of hydrogen-bond donors (Lipinski definition) is 0. The molecule has 0 aliphatic carbocycles. The molecule has 0 spiro atoms. The third-order valence-electron chi connectivity index (χ3n) is 8.07. The number of benzene rings is 1. The van der Waals surface area contributed by atoms with Gasteiger partial charge in [-0.1, -0.05) is 36.8 Å². The summed E-state index contributed by atoms with van der Waals surface area (Å²) in [6, 6.07) is 10.9. The fourth-order valence-electron chi connectivity index (χ4n) is 5.98. The molecule has 32 heavy (non-hydrogen) atoms. The molecule has 3 aliphatic heterocycles. The van der Waals surface area contributed by atoms with Crippen LogP contribution >= 0.6 is 0 Å². The van der Waals surface area contributed by atoms with Gasteiger partial charge in [0.1, 0.15) is 0 Å². The van der Waals surface area contributed by atoms with E-state index < -0.39 is 0 Å². The highest BCUT2D eigenvalue weighted by Gasteiger charge is 2.37. The molecule has 0 aromatic heterocycles. The summed E-state index contributed by atoms with van der Waals surface area (Å²) in [6.07, 6.45) is 7.18. The van der Waals surface area contributed by atoms with Gasteiger partial charge in [-0.05, 0) is 76.9 Å². The number of carbonyl (C=O) groups excluding carboxylic acids is 2. The minimum absolute atomic E-state index is 0.132. The molecular weight excluding hydrogens is 398 g/mol. The van der Waals surface area contributed by atoms with Gasteiger partial charge in [-0.3, -0.25) is 9.59 Å². The average Bonchev–Trinajstić information content (AvgIpc) is 3.01. The summed E-state index contributed by atoms with van der Waals surface area (Å²) in [4.78, 5) is 33.2. The smallest absolute Gasteiger partial charge is 0.226 e. The summed E-state index contributed by atoms with van der Waals surface area (Å²) in [5.74, 6) is 1.46. The van der Waals surface area contributed by atoms with Gasteiger partial charge < -0.3 is 14.7 Å². The Bertz CT molecular complexity index is 749. The lowest BCUT2D eigenvalue weighted by atomic mass is 9.80. The van der Waals surface area contributed by atoms with Crippen LogP contribution in [0.1, 0.15) is 64.4 Å². The van der Waals surface area contributed by atoms with Crippen LogP contribution in [0.15, 0.2) is 30.3 Å². The average molecular weight is 440 g/mol. The van der Waals surface area contributed by atoms with Crippen LogP contribution in [-0.2, 0) is 16.1 Å². The van der Waals surface area contributed by atoms with Gasteiger partial charge >= 0.3 is 0 Å². The van der Waals surface area contributed by atoms with E-state index in [-0.39, 0.29) is 11.8 Å². The maximum atomic E-state index is 13.4. The number of rotatable bonds is 5. The molecule has 2 amide bonds. The lowest BCUT2D eigenvalue weighted by molar-refractivity contribution is -0.141. The van der Waals surface area contributed by atoms with Gasteiger partial charge in [-0.25, -0.2) is 0 Å². The maximum Gasteiger partial charge on any atom is 0.226 e. The Morgan fingerprint density at radius 2 is 1.59 bits per heavy atom. The van der Waals surface area contributed by atoms with Crippen molar-refractivity contribution in [2.24, 2.45) is 17.8 Å². The molecule has 0 N–H and O–H groups in total. The Hall–Kier alpha value is -1.88. The highest BCUT2D eigenvalue weighted by molar-refractivity contribution is 5.80. The first-order valence-electron chi connectivity index (χ1n) is 12.9. The molecular formula is C27H41N3O2. The minimum atomic E-state index is 0.132. The van der Waals surface area contributed by atoms with Crippen molar-refractivity contribution in [2.45, 2.75) is 71.4 Å². The lowest BCUT2D eigenvalue weighted by Gasteiger charge is -2.40. The van der Waals surface area contributed by atoms with Crippen molar-refractivity contribution < 1.29 is 9.59 Å². The van der Waals surface area contributed by atoms with Gasteiger partial charge in [-0.15, -0.1) is 0 Å². The molecule has 0 bridgehead atoms. The quantitative estimate of drug-likeness (QED) is 0.691. The summed E-state index contributed by atoms with van der Waals surface area (Å²) >= 11 is 0. The molecule has 4 rings (SSSR count). The predicted octanol–water partition coefficient (Wildman–Crippen LogP) is 4.17. The second-order valence-corrected chi connectivity index (χ2v) is 10.4. The van der Waals surface area contributed by atoms with E-state index in [2.05, 4.69) is 52.8 Å². The lowest BCUT2D eigenvalue weighted by Crippen LogP contribution is -2.48. The Morgan fingerprint density at radius 1 is 0.906 bits per heavy atom. The summed E-state index contributed by atoms with van der Waals surface area (Å²) in [6.45, 7) is 9.81. The standard InChI is InChI=1S/C27H41N3O2/c1-21(2)28-16-13-24(14-17-28)26(31)29-18-11-23(12-19-29)25-10-6-7-15-30(27(25)32)20-22-8-4-3-5-9-22/h3-5,8-9,21,23-25H,6-7,10-20H2,1-2H3/t25-/m1/s1. The summed E-state index contributed by atoms with van der Waals surface area (Å²) < 4.78 is 0. The second-order valence-electron chi connectivity index (χ2n) is 10.4. The van der Waals surface area contributed by atoms with E-state index in [1.165, 1.54) is 5.56 Å². The highest BCUT2D eigenvalue weighted by atomic mass is 16.2. The second kappa shape index (κ2) is 10.8. The van der Waals surface area contributed by atoms with Crippen molar-refractivity contribution in [2.75, 3.05) is 32.7 Å². The van der Waals surface area contributed by atoms with Crippen LogP contribution in [0.3, 0.4) is 0 Å². The van der Waals surface area contributed by atoms with E-state index in [0.29, 0.717) is 23.8 Å². The van der Waals surface area contributed by atoms with Crippen LogP contribution < -0.4 is 0 Å². The topological polar surface area (TPSA) is 43.9 Å². The molecule has 3 aliphatic rings. The van der Waals surface area contributed by atoms with E-state index in [1.54, 1.807) is 0 Å². The fourth-order valence-corrected chi connectivity index (χ4v) is 5.98. The van der Waals surface area contributed by atoms with Gasteiger partial charge in [-0.2, -0.15) is 0 Å². The van der Waals surface area contributed by atoms with Crippen LogP contribution in [0.2, 0.25) is 0 Å². The molecule has 176 valence electrons. The summed E-state index contributed by atoms with van der Waals surface area (Å²) in [5, 5.41) is 0. The van der Waals surface area contributed by atoms with Crippen LogP contribution in [0.4, 0.5) is 0 Å². The largest absolute Gasteiger partial charge is 0.342 e. The van der Waals surface area contributed by atoms with E-state index in [0.717, 1.165) is 84.2 Å². The Morgan fingerprint density at radius 3 is 2.25 bits per heavy atom. The zero-order valence-electron chi connectivity index (χ0n) is 20.0. The summed E-state index contributed by atoms with van der Waals surface area (Å²) in [7, 11) is 0.